The largest absolute Gasteiger partial charge is 0.356 e. The minimum Gasteiger partial charge on any atom is -0.356 e. The zero-order valence-corrected chi connectivity index (χ0v) is 19.3. The number of halogens is 2. The number of piperidine rings is 1. The molecule has 2 bridgehead atoms. The van der Waals surface area contributed by atoms with Gasteiger partial charge < -0.3 is 10.2 Å². The molecule has 2 fully saturated rings. The molecule has 2 aliphatic heterocycles. The summed E-state index contributed by atoms with van der Waals surface area (Å²) in [6.45, 7) is 4.70. The zero-order valence-electron chi connectivity index (χ0n) is 19.3. The van der Waals surface area contributed by atoms with Crippen LogP contribution in [0.4, 0.5) is 20.5 Å². The summed E-state index contributed by atoms with van der Waals surface area (Å²) < 4.78 is 29.4. The van der Waals surface area contributed by atoms with Gasteiger partial charge in [0.25, 0.3) is 0 Å². The molecule has 3 aromatic rings. The van der Waals surface area contributed by atoms with E-state index in [4.69, 9.17) is 10.1 Å². The lowest BCUT2D eigenvalue weighted by Crippen LogP contribution is -2.48. The van der Waals surface area contributed by atoms with Crippen LogP contribution in [0.1, 0.15) is 55.1 Å². The van der Waals surface area contributed by atoms with Crippen molar-refractivity contribution in [3.63, 3.8) is 0 Å². The van der Waals surface area contributed by atoms with Crippen LogP contribution in [0.2, 0.25) is 0 Å². The maximum atomic E-state index is 14.0. The first-order valence-electron chi connectivity index (χ1n) is 12.2. The summed E-state index contributed by atoms with van der Waals surface area (Å²) in [6, 6.07) is 6.57. The number of aryl methyl sites for hydroxylation is 2. The fourth-order valence-corrected chi connectivity index (χ4v) is 6.03. The summed E-state index contributed by atoms with van der Waals surface area (Å²) in [6.07, 6.45) is 6.84. The van der Waals surface area contributed by atoms with E-state index >= 15 is 0 Å². The second-order valence-corrected chi connectivity index (χ2v) is 9.93. The van der Waals surface area contributed by atoms with E-state index in [0.717, 1.165) is 61.8 Å². The maximum absolute atomic E-state index is 14.0. The van der Waals surface area contributed by atoms with E-state index in [-0.39, 0.29) is 5.92 Å². The molecule has 4 atom stereocenters. The Labute approximate surface area is 197 Å². The smallest absolute Gasteiger partial charge is 0.242 e. The van der Waals surface area contributed by atoms with E-state index in [1.165, 1.54) is 25.0 Å². The van der Waals surface area contributed by atoms with Gasteiger partial charge in [-0.05, 0) is 62.1 Å². The molecule has 1 aliphatic carbocycles. The van der Waals surface area contributed by atoms with Gasteiger partial charge in [0.15, 0.2) is 11.6 Å². The first-order valence-corrected chi connectivity index (χ1v) is 12.2. The molecule has 34 heavy (non-hydrogen) atoms. The molecular formula is C25H29F2N7. The number of rotatable bonds is 4. The van der Waals surface area contributed by atoms with E-state index in [9.17, 15) is 8.78 Å². The van der Waals surface area contributed by atoms with Crippen LogP contribution in [0.5, 0.6) is 0 Å². The van der Waals surface area contributed by atoms with Crippen molar-refractivity contribution in [2.45, 2.75) is 57.5 Å². The predicted molar refractivity (Wildman–Crippen MR) is 125 cm³/mol. The Balaban J connectivity index is 1.22. The number of fused-ring (bicyclic) bond motifs is 3. The van der Waals surface area contributed by atoms with Crippen molar-refractivity contribution in [3.05, 3.63) is 59.3 Å². The molecule has 9 heteroatoms. The summed E-state index contributed by atoms with van der Waals surface area (Å²) in [5, 5.41) is 8.46. The number of anilines is 2. The Morgan fingerprint density at radius 1 is 0.971 bits per heavy atom. The summed E-state index contributed by atoms with van der Waals surface area (Å²) >= 11 is 0. The van der Waals surface area contributed by atoms with Gasteiger partial charge in [0.05, 0.1) is 0 Å². The molecule has 7 nitrogen and oxygen atoms in total. The highest BCUT2D eigenvalue weighted by Gasteiger charge is 2.43. The summed E-state index contributed by atoms with van der Waals surface area (Å²) in [7, 11) is 0. The van der Waals surface area contributed by atoms with Crippen molar-refractivity contribution < 1.29 is 8.78 Å². The molecular weight excluding hydrogens is 436 g/mol. The fraction of sp³-hybridized carbons (Fsp3) is 0.520. The van der Waals surface area contributed by atoms with Crippen molar-refractivity contribution in [1.29, 1.82) is 0 Å². The van der Waals surface area contributed by atoms with Gasteiger partial charge in [0, 0.05) is 43.4 Å². The Bertz CT molecular complexity index is 1180. The standard InChI is InChI=1S/C25H29F2N7/c1-15-10-22(29-14-28-15)33-12-17-5-6-18(13-33)23(17)30-25-31-24-19(4-2-3-9-34(24)32-25)16-7-8-20(26)21(27)11-16/h7-8,10-11,14,17-19,23H,2-6,9,12-13H2,1H3,(H,30,32)/t17-,18+,19-,23-/m0/s1. The zero-order chi connectivity index (χ0) is 23.2. The van der Waals surface area contributed by atoms with Gasteiger partial charge in [-0.3, -0.25) is 0 Å². The molecule has 2 aromatic heterocycles. The van der Waals surface area contributed by atoms with Crippen molar-refractivity contribution in [1.82, 2.24) is 24.7 Å². The molecule has 4 heterocycles. The Hall–Kier alpha value is -3.10. The highest BCUT2D eigenvalue weighted by atomic mass is 19.2. The number of benzene rings is 1. The molecule has 1 aromatic carbocycles. The van der Waals surface area contributed by atoms with Crippen LogP contribution in [0.25, 0.3) is 0 Å². The third kappa shape index (κ3) is 3.91. The number of nitrogens with zero attached hydrogens (tertiary/aromatic N) is 6. The quantitative estimate of drug-likeness (QED) is 0.620. The second-order valence-electron chi connectivity index (χ2n) is 9.93. The predicted octanol–water partition coefficient (Wildman–Crippen LogP) is 4.30. The first-order chi connectivity index (χ1) is 16.5. The minimum absolute atomic E-state index is 0.0831. The molecule has 1 N–H and O–H groups in total. The van der Waals surface area contributed by atoms with Gasteiger partial charge in [0.1, 0.15) is 18.0 Å². The Morgan fingerprint density at radius 2 is 1.79 bits per heavy atom. The minimum atomic E-state index is -0.819. The van der Waals surface area contributed by atoms with Crippen LogP contribution in [0.15, 0.2) is 30.6 Å². The molecule has 0 spiro atoms. The molecule has 3 aliphatic rings. The lowest BCUT2D eigenvalue weighted by Gasteiger charge is -2.38. The van der Waals surface area contributed by atoms with E-state index in [1.807, 2.05) is 11.6 Å². The normalized spacial score (nSPS) is 26.3. The molecule has 0 radical (unpaired) electrons. The van der Waals surface area contributed by atoms with Gasteiger partial charge in [-0.2, -0.15) is 4.98 Å². The lowest BCUT2D eigenvalue weighted by molar-refractivity contribution is 0.374. The average molecular weight is 466 g/mol. The van der Waals surface area contributed by atoms with Crippen LogP contribution in [0, 0.1) is 30.4 Å². The van der Waals surface area contributed by atoms with Crippen LogP contribution >= 0.6 is 0 Å². The first kappa shape index (κ1) is 21.4. The van der Waals surface area contributed by atoms with Crippen LogP contribution < -0.4 is 10.2 Å². The van der Waals surface area contributed by atoms with Crippen molar-refractivity contribution in [2.24, 2.45) is 11.8 Å². The Kier molecular flexibility index (Phi) is 5.42. The second kappa shape index (κ2) is 8.60. The molecule has 1 saturated carbocycles. The van der Waals surface area contributed by atoms with E-state index in [2.05, 4.69) is 26.3 Å². The van der Waals surface area contributed by atoms with Gasteiger partial charge in [-0.1, -0.05) is 12.5 Å². The van der Waals surface area contributed by atoms with Crippen LogP contribution in [-0.4, -0.2) is 43.9 Å². The van der Waals surface area contributed by atoms with Crippen molar-refractivity contribution in [3.8, 4) is 0 Å². The molecule has 0 unspecified atom stereocenters. The number of nitrogens with one attached hydrogen (secondary N) is 1. The molecule has 1 saturated heterocycles. The molecule has 178 valence electrons. The third-order valence-electron chi connectivity index (χ3n) is 7.71. The van der Waals surface area contributed by atoms with E-state index in [1.54, 1.807) is 12.4 Å². The highest BCUT2D eigenvalue weighted by molar-refractivity contribution is 5.42. The topological polar surface area (TPSA) is 71.8 Å². The number of hydrogen-bond donors (Lipinski definition) is 1. The van der Waals surface area contributed by atoms with Gasteiger partial charge in [0.2, 0.25) is 5.95 Å². The number of aromatic nitrogens is 5. The van der Waals surface area contributed by atoms with Gasteiger partial charge in [-0.15, -0.1) is 5.10 Å². The third-order valence-corrected chi connectivity index (χ3v) is 7.71. The van der Waals surface area contributed by atoms with Crippen molar-refractivity contribution >= 4 is 11.8 Å². The van der Waals surface area contributed by atoms with E-state index in [0.29, 0.717) is 23.8 Å². The van der Waals surface area contributed by atoms with E-state index < -0.39 is 11.6 Å². The average Bonchev–Trinajstić information content (AvgIpc) is 3.23. The summed E-state index contributed by atoms with van der Waals surface area (Å²) in [5.41, 5.74) is 1.74. The Morgan fingerprint density at radius 3 is 2.56 bits per heavy atom. The number of hydrogen-bond acceptors (Lipinski definition) is 6. The van der Waals surface area contributed by atoms with Gasteiger partial charge >= 0.3 is 0 Å². The maximum Gasteiger partial charge on any atom is 0.242 e. The highest BCUT2D eigenvalue weighted by Crippen LogP contribution is 2.40. The van der Waals surface area contributed by atoms with Crippen molar-refractivity contribution in [2.75, 3.05) is 23.3 Å². The van der Waals surface area contributed by atoms with Crippen LogP contribution in [-0.2, 0) is 6.54 Å². The monoisotopic (exact) mass is 465 g/mol. The SMILES string of the molecule is Cc1cc(N2C[C@H]3CC[C@@H](C2)[C@@H]3Nc2nc3n(n2)CCCC[C@H]3c2ccc(F)c(F)c2)ncn1. The molecule has 6 rings (SSSR count). The fourth-order valence-electron chi connectivity index (χ4n) is 6.03. The lowest BCUT2D eigenvalue weighted by atomic mass is 9.92. The molecule has 0 amide bonds. The summed E-state index contributed by atoms with van der Waals surface area (Å²) in [5.74, 6) is 1.78. The summed E-state index contributed by atoms with van der Waals surface area (Å²) in [4.78, 5) is 16.0. The van der Waals surface area contributed by atoms with Crippen LogP contribution in [0.3, 0.4) is 0 Å². The van der Waals surface area contributed by atoms with Gasteiger partial charge in [-0.25, -0.2) is 23.4 Å².